The van der Waals surface area contributed by atoms with E-state index < -0.39 is 0 Å². The van der Waals surface area contributed by atoms with Gasteiger partial charge < -0.3 is 19.0 Å². The van der Waals surface area contributed by atoms with Crippen LogP contribution in [0.25, 0.3) is 22.1 Å². The lowest BCUT2D eigenvalue weighted by Crippen LogP contribution is -2.44. The van der Waals surface area contributed by atoms with E-state index in [1.54, 1.807) is 19.2 Å². The third kappa shape index (κ3) is 3.73. The van der Waals surface area contributed by atoms with Crippen LogP contribution in [0.15, 0.2) is 51.9 Å². The molecule has 1 aliphatic rings. The SMILES string of the molecule is COc1ccccc1-c1coc2c(CN3C[C@H](C)O[C@@H](C)C3)c(O)ccc2c1=O. The number of morpholine rings is 1. The van der Waals surface area contributed by atoms with Gasteiger partial charge in [0.2, 0.25) is 5.43 Å². The number of nitrogens with zero attached hydrogens (tertiary/aromatic N) is 1. The number of hydrogen-bond donors (Lipinski definition) is 1. The molecule has 0 spiro atoms. The van der Waals surface area contributed by atoms with Gasteiger partial charge in [-0.2, -0.15) is 0 Å². The summed E-state index contributed by atoms with van der Waals surface area (Å²) in [7, 11) is 1.57. The molecule has 1 fully saturated rings. The lowest BCUT2D eigenvalue weighted by molar-refractivity contribution is -0.0705. The Kier molecular flexibility index (Phi) is 5.30. The number of benzene rings is 2. The molecule has 6 heteroatoms. The molecule has 4 rings (SSSR count). The Morgan fingerprint density at radius 1 is 1.10 bits per heavy atom. The number of aromatic hydroxyl groups is 1. The van der Waals surface area contributed by atoms with Crippen molar-refractivity contribution in [2.75, 3.05) is 20.2 Å². The van der Waals surface area contributed by atoms with Crippen molar-refractivity contribution in [2.24, 2.45) is 0 Å². The number of rotatable bonds is 4. The van der Waals surface area contributed by atoms with Gasteiger partial charge in [0.05, 0.1) is 35.8 Å². The summed E-state index contributed by atoms with van der Waals surface area (Å²) in [6.07, 6.45) is 1.68. The highest BCUT2D eigenvalue weighted by molar-refractivity contribution is 5.86. The largest absolute Gasteiger partial charge is 0.507 e. The van der Waals surface area contributed by atoms with Crippen LogP contribution < -0.4 is 10.2 Å². The quantitative estimate of drug-likeness (QED) is 0.725. The average Bonchev–Trinajstić information content (AvgIpc) is 2.70. The van der Waals surface area contributed by atoms with Crippen LogP contribution in [0, 0.1) is 0 Å². The summed E-state index contributed by atoms with van der Waals surface area (Å²) in [6.45, 7) is 6.06. The lowest BCUT2D eigenvalue weighted by Gasteiger charge is -2.35. The molecule has 0 unspecified atom stereocenters. The molecule has 6 nitrogen and oxygen atoms in total. The first kappa shape index (κ1) is 19.5. The molecular formula is C23H25NO5. The van der Waals surface area contributed by atoms with E-state index >= 15 is 0 Å². The van der Waals surface area contributed by atoms with Crippen LogP contribution in [0.4, 0.5) is 0 Å². The van der Waals surface area contributed by atoms with E-state index in [9.17, 15) is 9.90 Å². The fourth-order valence-corrected chi connectivity index (χ4v) is 4.09. The molecule has 2 heterocycles. The van der Waals surface area contributed by atoms with Crippen molar-refractivity contribution in [1.29, 1.82) is 0 Å². The topological polar surface area (TPSA) is 72.1 Å². The second-order valence-electron chi connectivity index (χ2n) is 7.57. The van der Waals surface area contributed by atoms with Gasteiger partial charge in [-0.1, -0.05) is 18.2 Å². The van der Waals surface area contributed by atoms with Gasteiger partial charge in [0.1, 0.15) is 23.3 Å². The van der Waals surface area contributed by atoms with Gasteiger partial charge >= 0.3 is 0 Å². The Morgan fingerprint density at radius 3 is 2.55 bits per heavy atom. The number of methoxy groups -OCH3 is 1. The first-order valence-electron chi connectivity index (χ1n) is 9.75. The summed E-state index contributed by atoms with van der Waals surface area (Å²) in [4.78, 5) is 15.4. The number of para-hydroxylation sites is 1. The molecule has 0 radical (unpaired) electrons. The first-order chi connectivity index (χ1) is 14.0. The van der Waals surface area contributed by atoms with E-state index in [1.165, 1.54) is 6.26 Å². The van der Waals surface area contributed by atoms with Crippen LogP contribution in [0.5, 0.6) is 11.5 Å². The molecule has 1 saturated heterocycles. The maximum absolute atomic E-state index is 13.2. The Morgan fingerprint density at radius 2 is 1.83 bits per heavy atom. The van der Waals surface area contributed by atoms with Gasteiger partial charge in [0.15, 0.2) is 0 Å². The van der Waals surface area contributed by atoms with Crippen molar-refractivity contribution >= 4 is 11.0 Å². The minimum absolute atomic E-state index is 0.111. The fraction of sp³-hybridized carbons (Fsp3) is 0.348. The van der Waals surface area contributed by atoms with Gasteiger partial charge in [-0.25, -0.2) is 0 Å². The average molecular weight is 395 g/mol. The highest BCUT2D eigenvalue weighted by atomic mass is 16.5. The van der Waals surface area contributed by atoms with Gasteiger partial charge in [0, 0.05) is 25.2 Å². The smallest absolute Gasteiger partial charge is 0.200 e. The van der Waals surface area contributed by atoms with Crippen molar-refractivity contribution in [3.63, 3.8) is 0 Å². The zero-order chi connectivity index (χ0) is 20.5. The summed E-state index contributed by atoms with van der Waals surface area (Å²) >= 11 is 0. The predicted molar refractivity (Wildman–Crippen MR) is 111 cm³/mol. The Hall–Kier alpha value is -2.83. The molecule has 152 valence electrons. The molecule has 1 aliphatic heterocycles. The van der Waals surface area contributed by atoms with Crippen LogP contribution in [-0.2, 0) is 11.3 Å². The molecule has 0 aliphatic carbocycles. The highest BCUT2D eigenvalue weighted by Crippen LogP contribution is 2.32. The molecule has 0 saturated carbocycles. The second kappa shape index (κ2) is 7.89. The zero-order valence-electron chi connectivity index (χ0n) is 16.8. The number of hydrogen-bond acceptors (Lipinski definition) is 6. The number of fused-ring (bicyclic) bond motifs is 1. The fourth-order valence-electron chi connectivity index (χ4n) is 4.09. The summed E-state index contributed by atoms with van der Waals surface area (Å²) < 4.78 is 17.1. The van der Waals surface area contributed by atoms with Crippen molar-refractivity contribution in [3.8, 4) is 22.6 Å². The van der Waals surface area contributed by atoms with Crippen molar-refractivity contribution in [1.82, 2.24) is 4.90 Å². The lowest BCUT2D eigenvalue weighted by atomic mass is 10.0. The maximum atomic E-state index is 13.2. The van der Waals surface area contributed by atoms with E-state index in [-0.39, 0.29) is 23.4 Å². The molecular weight excluding hydrogens is 370 g/mol. The van der Waals surface area contributed by atoms with Gasteiger partial charge in [-0.3, -0.25) is 9.69 Å². The summed E-state index contributed by atoms with van der Waals surface area (Å²) in [5.41, 5.74) is 1.99. The van der Waals surface area contributed by atoms with Crippen LogP contribution in [0.3, 0.4) is 0 Å². The van der Waals surface area contributed by atoms with Crippen molar-refractivity contribution in [3.05, 3.63) is 58.4 Å². The minimum Gasteiger partial charge on any atom is -0.507 e. The minimum atomic E-state index is -0.152. The van der Waals surface area contributed by atoms with Crippen LogP contribution in [-0.4, -0.2) is 42.4 Å². The third-order valence-electron chi connectivity index (χ3n) is 5.29. The van der Waals surface area contributed by atoms with Gasteiger partial charge in [-0.15, -0.1) is 0 Å². The van der Waals surface area contributed by atoms with Crippen LogP contribution in [0.2, 0.25) is 0 Å². The third-order valence-corrected chi connectivity index (χ3v) is 5.29. The number of ether oxygens (including phenoxy) is 2. The van der Waals surface area contributed by atoms with Crippen LogP contribution in [0.1, 0.15) is 19.4 Å². The summed E-state index contributed by atoms with van der Waals surface area (Å²) in [5.74, 6) is 0.729. The summed E-state index contributed by atoms with van der Waals surface area (Å²) in [6, 6.07) is 10.5. The molecule has 0 amide bonds. The van der Waals surface area contributed by atoms with Crippen LogP contribution >= 0.6 is 0 Å². The van der Waals surface area contributed by atoms with Gasteiger partial charge in [0.25, 0.3) is 0 Å². The van der Waals surface area contributed by atoms with Crippen molar-refractivity contribution < 1.29 is 19.0 Å². The number of phenols is 1. The number of phenolic OH excluding ortho intramolecular Hbond substituents is 1. The zero-order valence-corrected chi connectivity index (χ0v) is 16.8. The molecule has 2 atom stereocenters. The molecule has 0 bridgehead atoms. The van der Waals surface area contributed by atoms with E-state index in [4.69, 9.17) is 13.9 Å². The van der Waals surface area contributed by atoms with E-state index in [0.717, 1.165) is 13.1 Å². The van der Waals surface area contributed by atoms with Gasteiger partial charge in [-0.05, 0) is 32.0 Å². The Labute approximate surface area is 169 Å². The molecule has 1 N–H and O–H groups in total. The monoisotopic (exact) mass is 395 g/mol. The van der Waals surface area contributed by atoms with E-state index in [1.807, 2.05) is 38.1 Å². The predicted octanol–water partition coefficient (Wildman–Crippen LogP) is 3.78. The molecule has 2 aromatic carbocycles. The Balaban J connectivity index is 1.79. The van der Waals surface area contributed by atoms with Crippen molar-refractivity contribution in [2.45, 2.75) is 32.6 Å². The van der Waals surface area contributed by atoms with E-state index in [2.05, 4.69) is 4.90 Å². The Bertz CT molecular complexity index is 1080. The highest BCUT2D eigenvalue weighted by Gasteiger charge is 2.25. The summed E-state index contributed by atoms with van der Waals surface area (Å²) in [5, 5.41) is 10.9. The maximum Gasteiger partial charge on any atom is 0.200 e. The normalized spacial score (nSPS) is 20.1. The first-order valence-corrected chi connectivity index (χ1v) is 9.75. The van der Waals surface area contributed by atoms with E-state index in [0.29, 0.717) is 40.0 Å². The molecule has 29 heavy (non-hydrogen) atoms. The molecule has 3 aromatic rings. The standard InChI is InChI=1S/C23H25NO5/c1-14-10-24(11-15(2)29-14)12-18-20(25)9-8-17-22(26)19(13-28-23(17)18)16-6-4-5-7-21(16)27-3/h4-9,13-15,25H,10-12H2,1-3H3/t14-,15-/m0/s1. The second-order valence-corrected chi connectivity index (χ2v) is 7.57. The molecule has 1 aromatic heterocycles.